The van der Waals surface area contributed by atoms with Crippen LogP contribution in [0.5, 0.6) is 0 Å². The van der Waals surface area contributed by atoms with Gasteiger partial charge in [0.15, 0.2) is 10.9 Å². The van der Waals surface area contributed by atoms with E-state index < -0.39 is 0 Å². The third-order valence-corrected chi connectivity index (χ3v) is 8.00. The first-order valence-corrected chi connectivity index (χ1v) is 12.9. The monoisotopic (exact) mass is 495 g/mol. The Kier molecular flexibility index (Phi) is 5.52. The van der Waals surface area contributed by atoms with Gasteiger partial charge in [-0.05, 0) is 42.8 Å². The summed E-state index contributed by atoms with van der Waals surface area (Å²) in [7, 11) is 0. The van der Waals surface area contributed by atoms with E-state index in [0.29, 0.717) is 15.7 Å². The Morgan fingerprint density at radius 2 is 2.21 bits per heavy atom. The Hall–Kier alpha value is -2.59. The van der Waals surface area contributed by atoms with Crippen molar-refractivity contribution >= 4 is 51.1 Å². The number of aromatic amines is 1. The quantitative estimate of drug-likeness (QED) is 0.226. The number of H-pyrrole nitrogens is 1. The highest BCUT2D eigenvalue weighted by atomic mass is 35.5. The number of hydrogen-bond donors (Lipinski definition) is 3. The molecular weight excluding hydrogens is 470 g/mol. The number of fused-ring (bicyclic) bond motifs is 3. The summed E-state index contributed by atoms with van der Waals surface area (Å²) in [6, 6.07) is 8.20. The lowest BCUT2D eigenvalue weighted by Gasteiger charge is -2.19. The molecule has 4 aromatic rings. The zero-order valence-corrected chi connectivity index (χ0v) is 20.5. The van der Waals surface area contributed by atoms with E-state index >= 15 is 0 Å². The van der Waals surface area contributed by atoms with Crippen LogP contribution in [0.2, 0.25) is 5.02 Å². The Labute approximate surface area is 206 Å². The average molecular weight is 496 g/mol. The number of halogens is 1. The van der Waals surface area contributed by atoms with Crippen molar-refractivity contribution in [3.05, 3.63) is 51.4 Å². The van der Waals surface area contributed by atoms with Crippen LogP contribution < -0.4 is 20.7 Å². The van der Waals surface area contributed by atoms with Crippen LogP contribution in [-0.2, 0) is 19.4 Å². The fourth-order valence-corrected chi connectivity index (χ4v) is 6.09. The molecular formula is C24H26ClN7OS. The molecule has 0 spiro atoms. The number of aromatic nitrogens is 4. The fraction of sp³-hybridized carbons (Fsp3) is 0.375. The maximum Gasteiger partial charge on any atom is 0.225 e. The van der Waals surface area contributed by atoms with Crippen molar-refractivity contribution < 1.29 is 4.73 Å². The van der Waals surface area contributed by atoms with Crippen molar-refractivity contribution in [3.63, 3.8) is 0 Å². The van der Waals surface area contributed by atoms with Crippen molar-refractivity contribution in [2.24, 2.45) is 5.73 Å². The molecule has 34 heavy (non-hydrogen) atoms. The van der Waals surface area contributed by atoms with Crippen molar-refractivity contribution in [3.8, 4) is 0 Å². The van der Waals surface area contributed by atoms with E-state index in [0.717, 1.165) is 94.3 Å². The van der Waals surface area contributed by atoms with Crippen LogP contribution in [0.1, 0.15) is 30.3 Å². The number of nitrogens with one attached hydrogen (secondary N) is 2. The summed E-state index contributed by atoms with van der Waals surface area (Å²) in [5.74, 6) is 0.822. The number of nitrogens with zero attached hydrogens (tertiary/aromatic N) is 4. The highest BCUT2D eigenvalue weighted by molar-refractivity contribution is 7.99. The van der Waals surface area contributed by atoms with E-state index in [4.69, 9.17) is 27.3 Å². The van der Waals surface area contributed by atoms with Gasteiger partial charge in [-0.25, -0.2) is 9.97 Å². The molecule has 8 nitrogen and oxygen atoms in total. The molecule has 1 fully saturated rings. The van der Waals surface area contributed by atoms with Gasteiger partial charge in [-0.15, -0.1) is 0 Å². The van der Waals surface area contributed by atoms with E-state index in [9.17, 15) is 5.21 Å². The molecule has 1 saturated heterocycles. The molecule has 1 atom stereocenters. The Bertz CT molecular complexity index is 1420. The van der Waals surface area contributed by atoms with Crippen LogP contribution in [-0.4, -0.2) is 40.6 Å². The molecule has 0 aliphatic carbocycles. The van der Waals surface area contributed by atoms with Crippen molar-refractivity contribution in [2.75, 3.05) is 24.5 Å². The molecule has 3 aromatic heterocycles. The molecule has 0 radical (unpaired) electrons. The molecule has 176 valence electrons. The smallest absolute Gasteiger partial charge is 0.225 e. The average Bonchev–Trinajstić information content (AvgIpc) is 3.42. The predicted octanol–water partition coefficient (Wildman–Crippen LogP) is 3.29. The van der Waals surface area contributed by atoms with Crippen molar-refractivity contribution in [1.82, 2.24) is 20.3 Å². The topological polar surface area (TPSA) is 110 Å². The van der Waals surface area contributed by atoms with Crippen molar-refractivity contribution in [2.45, 2.75) is 48.8 Å². The van der Waals surface area contributed by atoms with Gasteiger partial charge >= 0.3 is 0 Å². The molecule has 10 heteroatoms. The van der Waals surface area contributed by atoms with E-state index in [1.165, 1.54) is 11.8 Å². The molecule has 2 aliphatic rings. The number of rotatable bonds is 4. The number of benzene rings is 1. The van der Waals surface area contributed by atoms with Crippen LogP contribution in [0.4, 0.5) is 5.82 Å². The minimum Gasteiger partial charge on any atom is -0.618 e. The van der Waals surface area contributed by atoms with Gasteiger partial charge in [0, 0.05) is 66.2 Å². The van der Waals surface area contributed by atoms with Crippen LogP contribution >= 0.6 is 23.4 Å². The molecule has 6 rings (SSSR count). The van der Waals surface area contributed by atoms with E-state index in [1.807, 2.05) is 18.2 Å². The summed E-state index contributed by atoms with van der Waals surface area (Å²) in [5, 5.41) is 19.5. The zero-order chi connectivity index (χ0) is 23.4. The van der Waals surface area contributed by atoms with Crippen LogP contribution in [0.3, 0.4) is 0 Å². The maximum atomic E-state index is 13.1. The standard InChI is InChI=1S/C24H26ClN7OS/c1-2-17-21(25)20-22(28-17)29-24(30-23(20)31-8-6-15(26)12-31)34-16-4-3-13-9-14-11-27-7-5-18(14)32(33)19(13)10-16/h3-4,9-10,15,27H,2,5-8,11-12,26H2,1H3,(H,28,29,30)/t15-/m1/s1. The summed E-state index contributed by atoms with van der Waals surface area (Å²) in [6.07, 6.45) is 2.44. The summed E-state index contributed by atoms with van der Waals surface area (Å²) < 4.78 is 1.09. The molecule has 4 N–H and O–H groups in total. The third-order valence-electron chi connectivity index (χ3n) is 6.73. The molecule has 0 unspecified atom stereocenters. The van der Waals surface area contributed by atoms with Crippen LogP contribution in [0, 0.1) is 5.21 Å². The number of nitrogens with two attached hydrogens (primary N) is 1. The van der Waals surface area contributed by atoms with Gasteiger partial charge in [0.05, 0.1) is 10.4 Å². The summed E-state index contributed by atoms with van der Waals surface area (Å²) in [6.45, 7) is 5.20. The van der Waals surface area contributed by atoms with E-state index in [-0.39, 0.29) is 6.04 Å². The SMILES string of the molecule is CCc1[nH]c2nc(Sc3ccc4cc5c([n+]([O-])c4c3)CCNC5)nc(N3CC[C@@H](N)C3)c2c1Cl. The summed E-state index contributed by atoms with van der Waals surface area (Å²) in [5.41, 5.74) is 10.5. The molecule has 0 saturated carbocycles. The predicted molar refractivity (Wildman–Crippen MR) is 136 cm³/mol. The lowest BCUT2D eigenvalue weighted by atomic mass is 10.0. The minimum absolute atomic E-state index is 0.124. The normalized spacial score (nSPS) is 18.2. The number of anilines is 1. The Balaban J connectivity index is 1.42. The van der Waals surface area contributed by atoms with Gasteiger partial charge in [-0.1, -0.05) is 18.5 Å². The first-order chi connectivity index (χ1) is 16.5. The maximum absolute atomic E-state index is 13.1. The summed E-state index contributed by atoms with van der Waals surface area (Å²) in [4.78, 5) is 16.2. The van der Waals surface area contributed by atoms with Gasteiger partial charge in [0.1, 0.15) is 11.5 Å². The van der Waals surface area contributed by atoms with Crippen LogP contribution in [0.25, 0.3) is 21.9 Å². The second-order valence-corrected chi connectivity index (χ2v) is 10.4. The third kappa shape index (κ3) is 3.67. The zero-order valence-electron chi connectivity index (χ0n) is 18.9. The van der Waals surface area contributed by atoms with Gasteiger partial charge in [0.2, 0.25) is 5.52 Å². The van der Waals surface area contributed by atoms with Gasteiger partial charge in [0.25, 0.3) is 0 Å². The fourth-order valence-electron chi connectivity index (χ4n) is 4.95. The lowest BCUT2D eigenvalue weighted by Crippen LogP contribution is -2.39. The number of pyridine rings is 1. The van der Waals surface area contributed by atoms with Crippen LogP contribution in [0.15, 0.2) is 34.3 Å². The first kappa shape index (κ1) is 21.9. The largest absolute Gasteiger partial charge is 0.618 e. The second-order valence-electron chi connectivity index (χ2n) is 8.98. The number of hydrogen-bond acceptors (Lipinski definition) is 7. The molecule has 0 bridgehead atoms. The highest BCUT2D eigenvalue weighted by Gasteiger charge is 2.26. The Morgan fingerprint density at radius 3 is 3.00 bits per heavy atom. The molecule has 0 amide bonds. The molecule has 2 aliphatic heterocycles. The van der Waals surface area contributed by atoms with Gasteiger partial charge < -0.3 is 26.1 Å². The Morgan fingerprint density at radius 1 is 1.32 bits per heavy atom. The van der Waals surface area contributed by atoms with E-state index in [1.54, 1.807) is 0 Å². The summed E-state index contributed by atoms with van der Waals surface area (Å²) >= 11 is 8.16. The van der Waals surface area contributed by atoms with Gasteiger partial charge in [-0.2, -0.15) is 4.73 Å². The highest BCUT2D eigenvalue weighted by Crippen LogP contribution is 2.38. The second kappa shape index (κ2) is 8.57. The van der Waals surface area contributed by atoms with Gasteiger partial charge in [-0.3, -0.25) is 0 Å². The minimum atomic E-state index is 0.124. The number of aryl methyl sites for hydroxylation is 1. The first-order valence-electron chi connectivity index (χ1n) is 11.7. The lowest BCUT2D eigenvalue weighted by molar-refractivity contribution is -0.586. The van der Waals surface area contributed by atoms with E-state index in [2.05, 4.69) is 28.2 Å². The molecule has 5 heterocycles. The van der Waals surface area contributed by atoms with Crippen molar-refractivity contribution in [1.29, 1.82) is 0 Å². The molecule has 1 aromatic carbocycles.